The number of para-hydroxylation sites is 2. The van der Waals surface area contributed by atoms with Crippen molar-refractivity contribution in [2.45, 2.75) is 38.6 Å². The summed E-state index contributed by atoms with van der Waals surface area (Å²) in [5, 5.41) is 9.78. The summed E-state index contributed by atoms with van der Waals surface area (Å²) >= 11 is 0. The first kappa shape index (κ1) is 27.2. The number of halogens is 1. The van der Waals surface area contributed by atoms with E-state index >= 15 is 0 Å². The van der Waals surface area contributed by atoms with Crippen molar-refractivity contribution in [1.82, 2.24) is 20.9 Å². The van der Waals surface area contributed by atoms with E-state index in [1.165, 1.54) is 0 Å². The topological polar surface area (TPSA) is 98.3 Å². The van der Waals surface area contributed by atoms with Crippen molar-refractivity contribution in [3.8, 4) is 5.75 Å². The molecular weight excluding hydrogens is 535 g/mol. The minimum absolute atomic E-state index is 0. The van der Waals surface area contributed by atoms with Crippen LogP contribution in [0.15, 0.2) is 29.3 Å². The molecule has 0 unspecified atom stereocenters. The quantitative estimate of drug-likeness (QED) is 0.180. The molecule has 1 aromatic rings. The number of benzene rings is 1. The van der Waals surface area contributed by atoms with Gasteiger partial charge in [0.1, 0.15) is 5.75 Å². The Hall–Kier alpha value is -2.08. The molecule has 0 aliphatic carbocycles. The van der Waals surface area contributed by atoms with Crippen molar-refractivity contribution in [2.75, 3.05) is 57.8 Å². The number of amides is 2. The van der Waals surface area contributed by atoms with Gasteiger partial charge >= 0.3 is 0 Å². The van der Waals surface area contributed by atoms with Gasteiger partial charge in [-0.05, 0) is 37.8 Å². The van der Waals surface area contributed by atoms with Gasteiger partial charge in [0.2, 0.25) is 5.91 Å². The molecule has 1 aromatic carbocycles. The molecule has 0 spiro atoms. The molecule has 3 N–H and O–H groups in total. The number of fused-ring (bicyclic) bond motifs is 1. The minimum Gasteiger partial charge on any atom is -0.482 e. The van der Waals surface area contributed by atoms with Crippen LogP contribution in [0.2, 0.25) is 0 Å². The molecule has 2 aliphatic heterocycles. The lowest BCUT2D eigenvalue weighted by Crippen LogP contribution is -2.50. The number of piperidine rings is 1. The van der Waals surface area contributed by atoms with Crippen molar-refractivity contribution >= 4 is 47.4 Å². The van der Waals surface area contributed by atoms with E-state index in [9.17, 15) is 9.59 Å². The molecule has 0 radical (unpaired) electrons. The fourth-order valence-corrected chi connectivity index (χ4v) is 3.99. The number of nitrogens with zero attached hydrogens (tertiary/aromatic N) is 3. The molecule has 10 heteroatoms. The summed E-state index contributed by atoms with van der Waals surface area (Å²) in [6, 6.07) is 7.97. The third-order valence-corrected chi connectivity index (χ3v) is 5.75. The molecule has 2 amide bonds. The highest BCUT2D eigenvalue weighted by Crippen LogP contribution is 2.31. The Bertz CT molecular complexity index is 798. The zero-order chi connectivity index (χ0) is 22.8. The van der Waals surface area contributed by atoms with Gasteiger partial charge in [-0.3, -0.25) is 19.5 Å². The van der Waals surface area contributed by atoms with Crippen LogP contribution in [0.25, 0.3) is 0 Å². The number of likely N-dealkylation sites (tertiary alicyclic amines) is 1. The van der Waals surface area contributed by atoms with Crippen LogP contribution >= 0.6 is 24.0 Å². The number of rotatable bonds is 9. The number of aliphatic imine (C=N–C) groups is 1. The maximum Gasteiger partial charge on any atom is 0.265 e. The SMILES string of the molecule is CCCNC(=O)CN1CCC(NC(=NC)NCCCN2C(=O)COc3ccccc32)CC1.I. The standard InChI is InChI=1S/C23H36N6O3.HI/c1-3-11-25-21(30)16-28-14-9-18(10-15-28)27-23(24-2)26-12-6-13-29-19-7-4-5-8-20(19)32-17-22(29)31;/h4-5,7-8,18H,3,6,9-17H2,1-2H3,(H,25,30)(H2,24,26,27);1H. The second kappa shape index (κ2) is 14.2. The number of carbonyl (C=O) groups is 2. The molecule has 3 rings (SSSR count). The zero-order valence-corrected chi connectivity index (χ0v) is 22.0. The van der Waals surface area contributed by atoms with E-state index in [-0.39, 0.29) is 42.4 Å². The van der Waals surface area contributed by atoms with Gasteiger partial charge in [0.25, 0.3) is 5.91 Å². The highest BCUT2D eigenvalue weighted by Gasteiger charge is 2.25. The monoisotopic (exact) mass is 572 g/mol. The van der Waals surface area contributed by atoms with Crippen LogP contribution in [0.5, 0.6) is 5.75 Å². The molecule has 2 aliphatic rings. The molecule has 0 saturated carbocycles. The van der Waals surface area contributed by atoms with E-state index in [2.05, 4.69) is 32.8 Å². The number of guanidine groups is 1. The van der Waals surface area contributed by atoms with Crippen LogP contribution in [0.1, 0.15) is 32.6 Å². The third kappa shape index (κ3) is 8.33. The van der Waals surface area contributed by atoms with Crippen molar-refractivity contribution < 1.29 is 14.3 Å². The first-order valence-corrected chi connectivity index (χ1v) is 11.6. The molecule has 0 atom stereocenters. The molecule has 0 bridgehead atoms. The summed E-state index contributed by atoms with van der Waals surface area (Å²) in [7, 11) is 1.77. The third-order valence-electron chi connectivity index (χ3n) is 5.75. The highest BCUT2D eigenvalue weighted by molar-refractivity contribution is 14.0. The van der Waals surface area contributed by atoms with E-state index in [0.717, 1.165) is 62.7 Å². The minimum atomic E-state index is -0.0126. The lowest BCUT2D eigenvalue weighted by molar-refractivity contribution is -0.122. The van der Waals surface area contributed by atoms with Gasteiger partial charge in [-0.1, -0.05) is 19.1 Å². The number of carbonyl (C=O) groups excluding carboxylic acids is 2. The molecule has 184 valence electrons. The van der Waals surface area contributed by atoms with Gasteiger partial charge in [-0.15, -0.1) is 24.0 Å². The predicted molar refractivity (Wildman–Crippen MR) is 142 cm³/mol. The summed E-state index contributed by atoms with van der Waals surface area (Å²) in [5.74, 6) is 1.63. The van der Waals surface area contributed by atoms with Gasteiger partial charge in [-0.2, -0.15) is 0 Å². The Morgan fingerprint density at radius 1 is 1.18 bits per heavy atom. The van der Waals surface area contributed by atoms with Crippen LogP contribution in [0.3, 0.4) is 0 Å². The van der Waals surface area contributed by atoms with Crippen LogP contribution in [0.4, 0.5) is 5.69 Å². The summed E-state index contributed by atoms with van der Waals surface area (Å²) in [6.07, 6.45) is 3.70. The van der Waals surface area contributed by atoms with Crippen LogP contribution in [-0.2, 0) is 9.59 Å². The summed E-state index contributed by atoms with van der Waals surface area (Å²) in [6.45, 7) is 6.49. The molecular formula is C23H37IN6O3. The number of nitrogens with one attached hydrogen (secondary N) is 3. The Morgan fingerprint density at radius 3 is 2.67 bits per heavy atom. The second-order valence-corrected chi connectivity index (χ2v) is 8.20. The number of ether oxygens (including phenoxy) is 1. The molecule has 1 saturated heterocycles. The van der Waals surface area contributed by atoms with E-state index < -0.39 is 0 Å². The van der Waals surface area contributed by atoms with Crippen LogP contribution < -0.4 is 25.6 Å². The first-order chi connectivity index (χ1) is 15.6. The molecule has 0 aromatic heterocycles. The number of hydrogen-bond acceptors (Lipinski definition) is 5. The summed E-state index contributed by atoms with van der Waals surface area (Å²) < 4.78 is 5.50. The fourth-order valence-electron chi connectivity index (χ4n) is 3.99. The van der Waals surface area contributed by atoms with Gasteiger partial charge in [0.05, 0.1) is 12.2 Å². The van der Waals surface area contributed by atoms with Crippen molar-refractivity contribution in [2.24, 2.45) is 4.99 Å². The maximum absolute atomic E-state index is 12.3. The molecule has 2 heterocycles. The van der Waals surface area contributed by atoms with Crippen LogP contribution in [0, 0.1) is 0 Å². The summed E-state index contributed by atoms with van der Waals surface area (Å²) in [4.78, 5) is 32.5. The van der Waals surface area contributed by atoms with Gasteiger partial charge < -0.3 is 25.6 Å². The lowest BCUT2D eigenvalue weighted by Gasteiger charge is -2.32. The fraction of sp³-hybridized carbons (Fsp3) is 0.609. The Morgan fingerprint density at radius 2 is 1.94 bits per heavy atom. The van der Waals surface area contributed by atoms with Crippen molar-refractivity contribution in [3.63, 3.8) is 0 Å². The van der Waals surface area contributed by atoms with Crippen molar-refractivity contribution in [3.05, 3.63) is 24.3 Å². The molecule has 33 heavy (non-hydrogen) atoms. The Labute approximate surface area is 213 Å². The van der Waals surface area contributed by atoms with E-state index in [1.54, 1.807) is 11.9 Å². The lowest BCUT2D eigenvalue weighted by atomic mass is 10.1. The number of hydrogen-bond donors (Lipinski definition) is 3. The normalized spacial score (nSPS) is 17.0. The van der Waals surface area contributed by atoms with Crippen LogP contribution in [-0.4, -0.2) is 81.6 Å². The Kier molecular flexibility index (Phi) is 11.7. The smallest absolute Gasteiger partial charge is 0.265 e. The van der Waals surface area contributed by atoms with E-state index in [4.69, 9.17) is 4.74 Å². The zero-order valence-electron chi connectivity index (χ0n) is 19.6. The largest absolute Gasteiger partial charge is 0.482 e. The average molecular weight is 572 g/mol. The predicted octanol–water partition coefficient (Wildman–Crippen LogP) is 1.58. The van der Waals surface area contributed by atoms with Gasteiger partial charge in [0, 0.05) is 45.8 Å². The Balaban J connectivity index is 0.00000385. The second-order valence-electron chi connectivity index (χ2n) is 8.20. The van der Waals surface area contributed by atoms with E-state index in [0.29, 0.717) is 25.7 Å². The average Bonchev–Trinajstić information content (AvgIpc) is 2.81. The van der Waals surface area contributed by atoms with E-state index in [1.807, 2.05) is 24.3 Å². The number of anilines is 1. The molecule has 9 nitrogen and oxygen atoms in total. The highest BCUT2D eigenvalue weighted by atomic mass is 127. The van der Waals surface area contributed by atoms with Gasteiger partial charge in [-0.25, -0.2) is 0 Å². The van der Waals surface area contributed by atoms with Gasteiger partial charge in [0.15, 0.2) is 12.6 Å². The van der Waals surface area contributed by atoms with Crippen molar-refractivity contribution in [1.29, 1.82) is 0 Å². The summed E-state index contributed by atoms with van der Waals surface area (Å²) in [5.41, 5.74) is 0.835. The molecule has 1 fully saturated rings. The maximum atomic E-state index is 12.3. The first-order valence-electron chi connectivity index (χ1n) is 11.6.